The van der Waals surface area contributed by atoms with Crippen LogP contribution in [0.5, 0.6) is 0 Å². The van der Waals surface area contributed by atoms with Crippen LogP contribution in [0.1, 0.15) is 6.92 Å². The van der Waals surface area contributed by atoms with Gasteiger partial charge in [0.2, 0.25) is 0 Å². The van der Waals surface area contributed by atoms with Crippen LogP contribution in [0.25, 0.3) is 0 Å². The molecule has 6 heavy (non-hydrogen) atoms. The summed E-state index contributed by atoms with van der Waals surface area (Å²) in [7, 11) is 1.51. The number of ether oxygens (including phenoxy) is 1. The van der Waals surface area contributed by atoms with Crippen LogP contribution < -0.4 is 0 Å². The average molecular weight is 89.1 g/mol. The van der Waals surface area contributed by atoms with E-state index in [1.165, 1.54) is 13.7 Å². The summed E-state index contributed by atoms with van der Waals surface area (Å²) in [5.74, 6) is 0. The van der Waals surface area contributed by atoms with E-state index in [9.17, 15) is 0 Å². The summed E-state index contributed by atoms with van der Waals surface area (Å²) in [5, 5.41) is 8.37. The zero-order chi connectivity index (χ0) is 4.99. The van der Waals surface area contributed by atoms with Gasteiger partial charge in [-0.25, -0.2) is 0 Å². The maximum Gasteiger partial charge on any atom is 0.111 e. The molecule has 2 heteroatoms. The van der Waals surface area contributed by atoms with Gasteiger partial charge in [-0.3, -0.25) is 0 Å². The van der Waals surface area contributed by atoms with Gasteiger partial charge in [0.15, 0.2) is 0 Å². The Bertz CT molecular complexity index is 26.7. The summed E-state index contributed by atoms with van der Waals surface area (Å²) in [5.41, 5.74) is 0. The maximum atomic E-state index is 8.37. The van der Waals surface area contributed by atoms with Gasteiger partial charge in [0, 0.05) is 7.11 Å². The highest BCUT2D eigenvalue weighted by Gasteiger charge is 1.88. The molecule has 0 aliphatic carbocycles. The van der Waals surface area contributed by atoms with Crippen LogP contribution in [0.3, 0.4) is 0 Å². The number of aliphatic hydroxyl groups excluding tert-OH is 1. The minimum atomic E-state index is -0.449. The molecule has 1 unspecified atom stereocenters. The highest BCUT2D eigenvalue weighted by molar-refractivity contribution is 4.54. The fraction of sp³-hybridized carbons (Fsp3) is 0.750. The molecule has 0 spiro atoms. The van der Waals surface area contributed by atoms with Crippen molar-refractivity contribution in [3.8, 4) is 0 Å². The second-order valence-corrected chi connectivity index (χ2v) is 1.11. The fourth-order valence-electron chi connectivity index (χ4n) is 0.197. The molecule has 0 aromatic carbocycles. The number of hydrogen-bond donors (Lipinski definition) is 1. The molecule has 0 aliphatic heterocycles. The quantitative estimate of drug-likeness (QED) is 0.522. The Morgan fingerprint density at radius 2 is 2.33 bits per heavy atom. The van der Waals surface area contributed by atoms with Gasteiger partial charge < -0.3 is 9.84 Å². The Labute approximate surface area is 37.7 Å². The predicted molar refractivity (Wildman–Crippen MR) is 23.0 cm³/mol. The van der Waals surface area contributed by atoms with E-state index in [1.807, 2.05) is 0 Å². The molecule has 0 saturated carbocycles. The minimum Gasteiger partial charge on any atom is -0.391 e. The highest BCUT2D eigenvalue weighted by atomic mass is 16.5. The van der Waals surface area contributed by atoms with E-state index < -0.39 is 6.10 Å². The molecule has 0 fully saturated rings. The second-order valence-electron chi connectivity index (χ2n) is 1.11. The van der Waals surface area contributed by atoms with Crippen molar-refractivity contribution in [2.45, 2.75) is 13.0 Å². The van der Waals surface area contributed by atoms with E-state index in [1.54, 1.807) is 6.92 Å². The predicted octanol–water partition coefficient (Wildman–Crippen LogP) is 0.175. The molecule has 0 rings (SSSR count). The summed E-state index contributed by atoms with van der Waals surface area (Å²) >= 11 is 0. The van der Waals surface area contributed by atoms with Gasteiger partial charge in [-0.05, 0) is 6.92 Å². The largest absolute Gasteiger partial charge is 0.391 e. The highest BCUT2D eigenvalue weighted by Crippen LogP contribution is 1.83. The smallest absolute Gasteiger partial charge is 0.111 e. The van der Waals surface area contributed by atoms with Crippen molar-refractivity contribution in [3.05, 3.63) is 6.61 Å². The van der Waals surface area contributed by atoms with Gasteiger partial charge in [0.1, 0.15) is 6.61 Å². The van der Waals surface area contributed by atoms with E-state index in [4.69, 9.17) is 5.11 Å². The van der Waals surface area contributed by atoms with E-state index in [0.29, 0.717) is 0 Å². The van der Waals surface area contributed by atoms with Crippen molar-refractivity contribution >= 4 is 0 Å². The number of hydrogen-bond acceptors (Lipinski definition) is 2. The summed E-state index contributed by atoms with van der Waals surface area (Å²) < 4.78 is 4.43. The van der Waals surface area contributed by atoms with Crippen molar-refractivity contribution in [2.24, 2.45) is 0 Å². The van der Waals surface area contributed by atoms with Crippen LogP contribution in [-0.4, -0.2) is 18.3 Å². The third kappa shape index (κ3) is 3.92. The van der Waals surface area contributed by atoms with Crippen molar-refractivity contribution in [1.29, 1.82) is 0 Å². The molecule has 1 N–H and O–H groups in total. The zero-order valence-corrected chi connectivity index (χ0v) is 4.01. The molecule has 0 amide bonds. The Hall–Kier alpha value is -0.0800. The molecule has 1 atom stereocenters. The lowest BCUT2D eigenvalue weighted by molar-refractivity contribution is 0.132. The third-order valence-corrected chi connectivity index (χ3v) is 0.333. The van der Waals surface area contributed by atoms with Crippen LogP contribution in [0.15, 0.2) is 0 Å². The van der Waals surface area contributed by atoms with Gasteiger partial charge in [-0.15, -0.1) is 0 Å². The Kier molecular flexibility index (Phi) is 3.08. The molecule has 0 heterocycles. The zero-order valence-electron chi connectivity index (χ0n) is 4.01. The van der Waals surface area contributed by atoms with Crippen LogP contribution in [0.2, 0.25) is 0 Å². The molecular weight excluding hydrogens is 80.0 g/mol. The van der Waals surface area contributed by atoms with E-state index in [-0.39, 0.29) is 0 Å². The molecule has 0 aromatic heterocycles. The molecule has 1 radical (unpaired) electrons. The molecule has 0 aliphatic rings. The first-order valence-corrected chi connectivity index (χ1v) is 1.81. The first kappa shape index (κ1) is 5.92. The Morgan fingerprint density at radius 3 is 2.33 bits per heavy atom. The van der Waals surface area contributed by atoms with Gasteiger partial charge in [0.05, 0.1) is 6.10 Å². The van der Waals surface area contributed by atoms with E-state index >= 15 is 0 Å². The lowest BCUT2D eigenvalue weighted by Gasteiger charge is -1.96. The summed E-state index contributed by atoms with van der Waals surface area (Å²) in [6.07, 6.45) is -0.449. The summed E-state index contributed by atoms with van der Waals surface area (Å²) in [6, 6.07) is 0. The second kappa shape index (κ2) is 3.12. The van der Waals surface area contributed by atoms with Crippen molar-refractivity contribution < 1.29 is 9.84 Å². The van der Waals surface area contributed by atoms with Crippen LogP contribution in [-0.2, 0) is 4.74 Å². The van der Waals surface area contributed by atoms with E-state index in [0.717, 1.165) is 0 Å². The Balaban J connectivity index is 2.63. The molecule has 37 valence electrons. The van der Waals surface area contributed by atoms with Crippen LogP contribution in [0, 0.1) is 6.61 Å². The van der Waals surface area contributed by atoms with Crippen molar-refractivity contribution in [1.82, 2.24) is 0 Å². The normalized spacial score (nSPS) is 14.5. The summed E-state index contributed by atoms with van der Waals surface area (Å²) in [6.45, 7) is 2.98. The maximum absolute atomic E-state index is 8.37. The van der Waals surface area contributed by atoms with Gasteiger partial charge in [-0.1, -0.05) is 0 Å². The lowest BCUT2D eigenvalue weighted by atomic mass is 10.5. The van der Waals surface area contributed by atoms with Crippen LogP contribution >= 0.6 is 0 Å². The van der Waals surface area contributed by atoms with Crippen molar-refractivity contribution in [2.75, 3.05) is 7.11 Å². The lowest BCUT2D eigenvalue weighted by Crippen LogP contribution is -2.00. The summed E-state index contributed by atoms with van der Waals surface area (Å²) in [4.78, 5) is 0. The average Bonchev–Trinajstić information content (AvgIpc) is 1.35. The van der Waals surface area contributed by atoms with E-state index in [2.05, 4.69) is 4.74 Å². The number of aliphatic hydroxyl groups is 1. The molecular formula is C4H9O2. The van der Waals surface area contributed by atoms with Gasteiger partial charge >= 0.3 is 0 Å². The van der Waals surface area contributed by atoms with Crippen molar-refractivity contribution in [3.63, 3.8) is 0 Å². The fourth-order valence-corrected chi connectivity index (χ4v) is 0.197. The Morgan fingerprint density at radius 1 is 1.83 bits per heavy atom. The standard InChI is InChI=1S/C4H9O2/c1-4(5)3-6-2/h3-5H,1-2H3. The van der Waals surface area contributed by atoms with Gasteiger partial charge in [-0.2, -0.15) is 0 Å². The molecule has 0 aromatic rings. The molecule has 2 nitrogen and oxygen atoms in total. The SMILES string of the molecule is CO[CH]C(C)O. The number of methoxy groups -OCH3 is 1. The van der Waals surface area contributed by atoms with Crippen LogP contribution in [0.4, 0.5) is 0 Å². The minimum absolute atomic E-state index is 0.449. The molecule has 0 saturated heterocycles. The third-order valence-electron chi connectivity index (χ3n) is 0.333. The topological polar surface area (TPSA) is 29.5 Å². The first-order chi connectivity index (χ1) is 2.77. The monoisotopic (exact) mass is 89.1 g/mol. The first-order valence-electron chi connectivity index (χ1n) is 1.81. The molecule has 0 bridgehead atoms. The number of rotatable bonds is 2. The van der Waals surface area contributed by atoms with Gasteiger partial charge in [0.25, 0.3) is 0 Å².